The van der Waals surface area contributed by atoms with Crippen LogP contribution in [0, 0.1) is 16.0 Å². The number of hydrogen-bond acceptors (Lipinski definition) is 6. The normalized spacial score (nSPS) is 10.9. The average molecular weight is 385 g/mol. The van der Waals surface area contributed by atoms with E-state index in [0.29, 0.717) is 11.7 Å². The highest BCUT2D eigenvalue weighted by Crippen LogP contribution is 2.30. The molecule has 3 rings (SSSR count). The first-order valence-electron chi connectivity index (χ1n) is 8.48. The molecule has 0 radical (unpaired) electrons. The molecule has 0 saturated heterocycles. The lowest BCUT2D eigenvalue weighted by atomic mass is 10.2. The molecule has 0 aliphatic heterocycles. The van der Waals surface area contributed by atoms with Gasteiger partial charge in [0.2, 0.25) is 0 Å². The second-order valence-corrected chi connectivity index (χ2v) is 7.38. The molecule has 140 valence electrons. The van der Waals surface area contributed by atoms with Crippen molar-refractivity contribution in [2.75, 3.05) is 18.1 Å². The van der Waals surface area contributed by atoms with Crippen LogP contribution >= 0.6 is 11.3 Å². The lowest BCUT2D eigenvalue weighted by Crippen LogP contribution is -2.37. The smallest absolute Gasteiger partial charge is 0.310 e. The summed E-state index contributed by atoms with van der Waals surface area (Å²) < 4.78 is 6.46. The number of fused-ring (bicyclic) bond motifs is 1. The molecule has 27 heavy (non-hydrogen) atoms. The van der Waals surface area contributed by atoms with E-state index in [2.05, 4.69) is 4.98 Å². The molecule has 1 heterocycles. The van der Waals surface area contributed by atoms with Gasteiger partial charge in [0.25, 0.3) is 5.91 Å². The molecular formula is C19H19N3O4S. The zero-order valence-corrected chi connectivity index (χ0v) is 15.8. The highest BCUT2D eigenvalue weighted by Gasteiger charge is 2.23. The fourth-order valence-corrected chi connectivity index (χ4v) is 3.57. The molecule has 0 N–H and O–H groups in total. The van der Waals surface area contributed by atoms with E-state index >= 15 is 0 Å². The van der Waals surface area contributed by atoms with Crippen molar-refractivity contribution in [3.63, 3.8) is 0 Å². The van der Waals surface area contributed by atoms with Crippen molar-refractivity contribution in [2.45, 2.75) is 13.8 Å². The molecule has 8 heteroatoms. The topological polar surface area (TPSA) is 85.6 Å². The van der Waals surface area contributed by atoms with E-state index in [0.717, 1.165) is 10.2 Å². The monoisotopic (exact) mass is 385 g/mol. The highest BCUT2D eigenvalue weighted by atomic mass is 32.1. The summed E-state index contributed by atoms with van der Waals surface area (Å²) in [5, 5.41) is 11.7. The molecule has 0 fully saturated rings. The molecular weight excluding hydrogens is 366 g/mol. The van der Waals surface area contributed by atoms with Crippen LogP contribution in [-0.4, -0.2) is 29.0 Å². The van der Waals surface area contributed by atoms with Gasteiger partial charge in [0.1, 0.15) is 0 Å². The average Bonchev–Trinajstić information content (AvgIpc) is 3.08. The fraction of sp³-hybridized carbons (Fsp3) is 0.263. The van der Waals surface area contributed by atoms with Crippen LogP contribution in [0.2, 0.25) is 0 Å². The van der Waals surface area contributed by atoms with Gasteiger partial charge in [0.15, 0.2) is 17.5 Å². The number of carbonyl (C=O) groups is 1. The Bertz CT molecular complexity index is 937. The van der Waals surface area contributed by atoms with E-state index in [-0.39, 0.29) is 29.9 Å². The fourth-order valence-electron chi connectivity index (χ4n) is 2.57. The maximum absolute atomic E-state index is 12.8. The number of nitro groups is 1. The maximum Gasteiger partial charge on any atom is 0.310 e. The molecule has 0 bridgehead atoms. The lowest BCUT2D eigenvalue weighted by molar-refractivity contribution is -0.385. The Kier molecular flexibility index (Phi) is 5.66. The number of hydrogen-bond donors (Lipinski definition) is 0. The Morgan fingerprint density at radius 2 is 1.93 bits per heavy atom. The Balaban J connectivity index is 1.81. The number of para-hydroxylation sites is 3. The number of amides is 1. The molecule has 3 aromatic rings. The van der Waals surface area contributed by atoms with Crippen molar-refractivity contribution in [3.8, 4) is 5.75 Å². The van der Waals surface area contributed by atoms with Crippen molar-refractivity contribution < 1.29 is 14.5 Å². The van der Waals surface area contributed by atoms with Crippen LogP contribution in [0.15, 0.2) is 48.5 Å². The molecule has 0 aliphatic carbocycles. The summed E-state index contributed by atoms with van der Waals surface area (Å²) in [5.41, 5.74) is 0.666. The summed E-state index contributed by atoms with van der Waals surface area (Å²) in [6.45, 7) is 4.21. The van der Waals surface area contributed by atoms with Gasteiger partial charge in [0, 0.05) is 12.6 Å². The third kappa shape index (κ3) is 4.40. The van der Waals surface area contributed by atoms with E-state index in [1.54, 1.807) is 17.0 Å². The van der Waals surface area contributed by atoms with Crippen LogP contribution in [0.1, 0.15) is 13.8 Å². The van der Waals surface area contributed by atoms with Gasteiger partial charge in [-0.2, -0.15) is 0 Å². The van der Waals surface area contributed by atoms with Gasteiger partial charge in [-0.25, -0.2) is 4.98 Å². The number of thiazole rings is 1. The third-order valence-electron chi connectivity index (χ3n) is 3.78. The quantitative estimate of drug-likeness (QED) is 0.448. The van der Waals surface area contributed by atoms with Crippen molar-refractivity contribution in [1.29, 1.82) is 0 Å². The van der Waals surface area contributed by atoms with Crippen LogP contribution in [0.4, 0.5) is 10.8 Å². The van der Waals surface area contributed by atoms with E-state index in [1.165, 1.54) is 23.5 Å². The summed E-state index contributed by atoms with van der Waals surface area (Å²) in [6, 6.07) is 13.7. The number of anilines is 1. The summed E-state index contributed by atoms with van der Waals surface area (Å²) in [4.78, 5) is 29.5. The minimum absolute atomic E-state index is 0.0737. The number of rotatable bonds is 7. The van der Waals surface area contributed by atoms with Gasteiger partial charge in [-0.1, -0.05) is 49.4 Å². The van der Waals surface area contributed by atoms with Gasteiger partial charge >= 0.3 is 5.69 Å². The summed E-state index contributed by atoms with van der Waals surface area (Å²) in [7, 11) is 0. The van der Waals surface area contributed by atoms with Crippen LogP contribution in [0.5, 0.6) is 5.75 Å². The van der Waals surface area contributed by atoms with Gasteiger partial charge in [-0.05, 0) is 24.1 Å². The summed E-state index contributed by atoms with van der Waals surface area (Å²) in [6.07, 6.45) is 0. The molecule has 0 aliphatic rings. The van der Waals surface area contributed by atoms with E-state index in [4.69, 9.17) is 4.74 Å². The first-order valence-corrected chi connectivity index (χ1v) is 9.29. The van der Waals surface area contributed by atoms with Crippen LogP contribution in [0.3, 0.4) is 0 Å². The predicted octanol–water partition coefficient (Wildman–Crippen LogP) is 4.27. The van der Waals surface area contributed by atoms with Crippen molar-refractivity contribution >= 4 is 38.3 Å². The van der Waals surface area contributed by atoms with Gasteiger partial charge in [0.05, 0.1) is 15.1 Å². The molecule has 7 nitrogen and oxygen atoms in total. The minimum Gasteiger partial charge on any atom is -0.477 e. The summed E-state index contributed by atoms with van der Waals surface area (Å²) >= 11 is 1.44. The van der Waals surface area contributed by atoms with Gasteiger partial charge < -0.3 is 4.74 Å². The molecule has 0 saturated carbocycles. The van der Waals surface area contributed by atoms with Gasteiger partial charge in [-0.3, -0.25) is 19.8 Å². The third-order valence-corrected chi connectivity index (χ3v) is 4.83. The molecule has 1 aromatic heterocycles. The van der Waals surface area contributed by atoms with E-state index in [1.807, 2.05) is 38.1 Å². The second kappa shape index (κ2) is 8.13. The lowest BCUT2D eigenvalue weighted by Gasteiger charge is -2.21. The SMILES string of the molecule is CC(C)CN(C(=O)COc1ccccc1[N+](=O)[O-])c1nc2ccccc2s1. The predicted molar refractivity (Wildman–Crippen MR) is 105 cm³/mol. The Hall–Kier alpha value is -3.00. The Labute approximate surface area is 160 Å². The minimum atomic E-state index is -0.529. The van der Waals surface area contributed by atoms with Crippen LogP contribution in [-0.2, 0) is 4.79 Å². The number of benzene rings is 2. The maximum atomic E-state index is 12.8. The first kappa shape index (κ1) is 18.8. The zero-order valence-electron chi connectivity index (χ0n) is 15.0. The summed E-state index contributed by atoms with van der Waals surface area (Å²) in [5.74, 6) is 0.0116. The number of aromatic nitrogens is 1. The molecule has 0 atom stereocenters. The van der Waals surface area contributed by atoms with Crippen molar-refractivity contribution in [2.24, 2.45) is 5.92 Å². The first-order chi connectivity index (χ1) is 13.0. The highest BCUT2D eigenvalue weighted by molar-refractivity contribution is 7.22. The van der Waals surface area contributed by atoms with Crippen molar-refractivity contribution in [3.05, 3.63) is 58.6 Å². The second-order valence-electron chi connectivity index (χ2n) is 6.38. The zero-order chi connectivity index (χ0) is 19.4. The molecule has 0 unspecified atom stereocenters. The number of nitrogens with zero attached hydrogens (tertiary/aromatic N) is 3. The standard InChI is InChI=1S/C19H19N3O4S/c1-13(2)11-21(19-20-14-7-3-6-10-17(14)27-19)18(23)12-26-16-9-5-4-8-15(16)22(24)25/h3-10,13H,11-12H2,1-2H3. The van der Waals surface area contributed by atoms with E-state index in [9.17, 15) is 14.9 Å². The number of nitro benzene ring substituents is 1. The van der Waals surface area contributed by atoms with Crippen LogP contribution in [0.25, 0.3) is 10.2 Å². The Morgan fingerprint density at radius 3 is 2.63 bits per heavy atom. The van der Waals surface area contributed by atoms with Crippen molar-refractivity contribution in [1.82, 2.24) is 4.98 Å². The Morgan fingerprint density at radius 1 is 1.22 bits per heavy atom. The largest absolute Gasteiger partial charge is 0.477 e. The number of carbonyl (C=O) groups excluding carboxylic acids is 1. The molecule has 0 spiro atoms. The van der Waals surface area contributed by atoms with Crippen LogP contribution < -0.4 is 9.64 Å². The van der Waals surface area contributed by atoms with Gasteiger partial charge in [-0.15, -0.1) is 0 Å². The molecule has 2 aromatic carbocycles. The number of ether oxygens (including phenoxy) is 1. The molecule has 1 amide bonds. The van der Waals surface area contributed by atoms with E-state index < -0.39 is 4.92 Å².